The molecule has 1 unspecified atom stereocenters. The molecule has 1 heterocycles. The lowest BCUT2D eigenvalue weighted by atomic mass is 10.1. The molecule has 98 valence electrons. The molecule has 0 radical (unpaired) electrons. The van der Waals surface area contributed by atoms with E-state index in [0.717, 1.165) is 32.5 Å². The van der Waals surface area contributed by atoms with Crippen molar-refractivity contribution in [1.29, 1.82) is 0 Å². The van der Waals surface area contributed by atoms with Crippen molar-refractivity contribution in [2.75, 3.05) is 26.7 Å². The average Bonchev–Trinajstić information content (AvgIpc) is 2.84. The second-order valence-electron chi connectivity index (χ2n) is 4.81. The highest BCUT2D eigenvalue weighted by Gasteiger charge is 2.26. The number of amides is 1. The monoisotopic (exact) mass is 266 g/mol. The standard InChI is InChI=1S/C14H19ClN2O/c1-16-7-5-11-6-8-17(10-11)14(18)12-3-2-4-13(15)9-12/h2-4,9,11,16H,5-8,10H2,1H3. The van der Waals surface area contributed by atoms with E-state index in [4.69, 9.17) is 11.6 Å². The van der Waals surface area contributed by atoms with Gasteiger partial charge in [0.2, 0.25) is 0 Å². The Kier molecular flexibility index (Phi) is 4.61. The van der Waals surface area contributed by atoms with E-state index in [9.17, 15) is 4.79 Å². The van der Waals surface area contributed by atoms with Gasteiger partial charge in [-0.1, -0.05) is 17.7 Å². The highest BCUT2D eigenvalue weighted by Crippen LogP contribution is 2.22. The third-order valence-electron chi connectivity index (χ3n) is 3.45. The highest BCUT2D eigenvalue weighted by atomic mass is 35.5. The van der Waals surface area contributed by atoms with Crippen molar-refractivity contribution in [2.24, 2.45) is 5.92 Å². The van der Waals surface area contributed by atoms with Gasteiger partial charge in [0.1, 0.15) is 0 Å². The minimum atomic E-state index is 0.101. The Balaban J connectivity index is 1.95. The first-order valence-corrected chi connectivity index (χ1v) is 6.78. The smallest absolute Gasteiger partial charge is 0.253 e. The van der Waals surface area contributed by atoms with Gasteiger partial charge in [0, 0.05) is 23.7 Å². The largest absolute Gasteiger partial charge is 0.338 e. The zero-order chi connectivity index (χ0) is 13.0. The Hall–Kier alpha value is -1.06. The van der Waals surface area contributed by atoms with Gasteiger partial charge in [-0.3, -0.25) is 4.79 Å². The molecular formula is C14H19ClN2O. The van der Waals surface area contributed by atoms with E-state index in [1.165, 1.54) is 0 Å². The molecule has 1 aliphatic heterocycles. The van der Waals surface area contributed by atoms with Gasteiger partial charge in [-0.05, 0) is 50.6 Å². The maximum Gasteiger partial charge on any atom is 0.253 e. The fraction of sp³-hybridized carbons (Fsp3) is 0.500. The fourth-order valence-corrected chi connectivity index (χ4v) is 2.60. The molecule has 4 heteroatoms. The first-order chi connectivity index (χ1) is 8.70. The van der Waals surface area contributed by atoms with E-state index in [0.29, 0.717) is 16.5 Å². The number of nitrogens with one attached hydrogen (secondary N) is 1. The molecule has 1 saturated heterocycles. The third kappa shape index (κ3) is 3.24. The molecule has 1 N–H and O–H groups in total. The third-order valence-corrected chi connectivity index (χ3v) is 3.68. The fourth-order valence-electron chi connectivity index (χ4n) is 2.41. The highest BCUT2D eigenvalue weighted by molar-refractivity contribution is 6.30. The molecule has 1 amide bonds. The summed E-state index contributed by atoms with van der Waals surface area (Å²) in [5.74, 6) is 0.727. The summed E-state index contributed by atoms with van der Waals surface area (Å²) >= 11 is 5.91. The number of hydrogen-bond acceptors (Lipinski definition) is 2. The number of carbonyl (C=O) groups is 1. The molecule has 1 aromatic rings. The summed E-state index contributed by atoms with van der Waals surface area (Å²) in [6, 6.07) is 7.18. The van der Waals surface area contributed by atoms with Crippen LogP contribution in [0.15, 0.2) is 24.3 Å². The molecule has 0 aliphatic carbocycles. The first-order valence-electron chi connectivity index (χ1n) is 6.40. The summed E-state index contributed by atoms with van der Waals surface area (Å²) in [6.45, 7) is 2.75. The van der Waals surface area contributed by atoms with Crippen LogP contribution in [-0.4, -0.2) is 37.5 Å². The van der Waals surface area contributed by atoms with Crippen LogP contribution in [0.3, 0.4) is 0 Å². The summed E-state index contributed by atoms with van der Waals surface area (Å²) in [5, 5.41) is 3.77. The number of benzene rings is 1. The number of halogens is 1. The van der Waals surface area contributed by atoms with Gasteiger partial charge in [0.25, 0.3) is 5.91 Å². The molecule has 1 atom stereocenters. The van der Waals surface area contributed by atoms with E-state index >= 15 is 0 Å². The Morgan fingerprint density at radius 2 is 2.39 bits per heavy atom. The Labute approximate surface area is 113 Å². The van der Waals surface area contributed by atoms with Crippen molar-refractivity contribution in [1.82, 2.24) is 10.2 Å². The van der Waals surface area contributed by atoms with Gasteiger partial charge in [-0.25, -0.2) is 0 Å². The van der Waals surface area contributed by atoms with E-state index in [1.807, 2.05) is 24.1 Å². The van der Waals surface area contributed by atoms with Gasteiger partial charge in [0.05, 0.1) is 0 Å². The van der Waals surface area contributed by atoms with Crippen LogP contribution in [0, 0.1) is 5.92 Å². The van der Waals surface area contributed by atoms with E-state index in [-0.39, 0.29) is 5.91 Å². The molecule has 0 bridgehead atoms. The second kappa shape index (κ2) is 6.21. The Morgan fingerprint density at radius 3 is 3.11 bits per heavy atom. The first kappa shape index (κ1) is 13.4. The summed E-state index contributed by atoms with van der Waals surface area (Å²) in [4.78, 5) is 14.2. The summed E-state index contributed by atoms with van der Waals surface area (Å²) in [7, 11) is 1.96. The quantitative estimate of drug-likeness (QED) is 0.908. The molecular weight excluding hydrogens is 248 g/mol. The van der Waals surface area contributed by atoms with Crippen molar-refractivity contribution >= 4 is 17.5 Å². The topological polar surface area (TPSA) is 32.3 Å². The van der Waals surface area contributed by atoms with Crippen LogP contribution in [0.25, 0.3) is 0 Å². The molecule has 1 aliphatic rings. The molecule has 3 nitrogen and oxygen atoms in total. The van der Waals surface area contributed by atoms with E-state index in [2.05, 4.69) is 5.32 Å². The number of rotatable bonds is 4. The normalized spacial score (nSPS) is 19.2. The lowest BCUT2D eigenvalue weighted by Crippen LogP contribution is -2.29. The SMILES string of the molecule is CNCCC1CCN(C(=O)c2cccc(Cl)c2)C1. The molecule has 1 aromatic carbocycles. The van der Waals surface area contributed by atoms with Crippen LogP contribution >= 0.6 is 11.6 Å². The van der Waals surface area contributed by atoms with Crippen molar-refractivity contribution in [3.8, 4) is 0 Å². The van der Waals surface area contributed by atoms with Crippen molar-refractivity contribution in [2.45, 2.75) is 12.8 Å². The van der Waals surface area contributed by atoms with E-state index in [1.54, 1.807) is 12.1 Å². The second-order valence-corrected chi connectivity index (χ2v) is 5.24. The minimum Gasteiger partial charge on any atom is -0.338 e. The molecule has 1 fully saturated rings. The lowest BCUT2D eigenvalue weighted by molar-refractivity contribution is 0.0786. The van der Waals surface area contributed by atoms with Crippen LogP contribution in [-0.2, 0) is 0 Å². The van der Waals surface area contributed by atoms with Gasteiger partial charge in [0.15, 0.2) is 0 Å². The minimum absolute atomic E-state index is 0.101. The van der Waals surface area contributed by atoms with E-state index < -0.39 is 0 Å². The molecule has 0 aromatic heterocycles. The number of carbonyl (C=O) groups excluding carboxylic acids is 1. The van der Waals surface area contributed by atoms with Crippen LogP contribution in [0.5, 0.6) is 0 Å². The lowest BCUT2D eigenvalue weighted by Gasteiger charge is -2.16. The predicted molar refractivity (Wildman–Crippen MR) is 74.0 cm³/mol. The number of hydrogen-bond donors (Lipinski definition) is 1. The van der Waals surface area contributed by atoms with Crippen molar-refractivity contribution in [3.63, 3.8) is 0 Å². The zero-order valence-electron chi connectivity index (χ0n) is 10.7. The molecule has 0 spiro atoms. The molecule has 2 rings (SSSR count). The summed E-state index contributed by atoms with van der Waals surface area (Å²) in [5.41, 5.74) is 0.691. The van der Waals surface area contributed by atoms with Crippen molar-refractivity contribution < 1.29 is 4.79 Å². The van der Waals surface area contributed by atoms with Gasteiger partial charge >= 0.3 is 0 Å². The molecule has 0 saturated carbocycles. The zero-order valence-corrected chi connectivity index (χ0v) is 11.4. The Morgan fingerprint density at radius 1 is 1.56 bits per heavy atom. The predicted octanol–water partition coefficient (Wildman–Crippen LogP) is 2.41. The van der Waals surface area contributed by atoms with Crippen LogP contribution < -0.4 is 5.32 Å². The average molecular weight is 267 g/mol. The van der Waals surface area contributed by atoms with Gasteiger partial charge in [-0.2, -0.15) is 0 Å². The molecule has 18 heavy (non-hydrogen) atoms. The van der Waals surface area contributed by atoms with Gasteiger partial charge in [-0.15, -0.1) is 0 Å². The maximum atomic E-state index is 12.3. The number of likely N-dealkylation sites (tertiary alicyclic amines) is 1. The van der Waals surface area contributed by atoms with Gasteiger partial charge < -0.3 is 10.2 Å². The van der Waals surface area contributed by atoms with Crippen LogP contribution in [0.2, 0.25) is 5.02 Å². The summed E-state index contributed by atoms with van der Waals surface area (Å²) in [6.07, 6.45) is 2.24. The van der Waals surface area contributed by atoms with Crippen LogP contribution in [0.4, 0.5) is 0 Å². The Bertz CT molecular complexity index is 422. The van der Waals surface area contributed by atoms with Crippen molar-refractivity contribution in [3.05, 3.63) is 34.9 Å². The maximum absolute atomic E-state index is 12.3. The number of nitrogens with zero attached hydrogens (tertiary/aromatic N) is 1. The van der Waals surface area contributed by atoms with Crippen LogP contribution in [0.1, 0.15) is 23.2 Å². The summed E-state index contributed by atoms with van der Waals surface area (Å²) < 4.78 is 0.